The molecule has 0 amide bonds. The molecule has 0 aliphatic heterocycles. The van der Waals surface area contributed by atoms with Gasteiger partial charge < -0.3 is 0 Å². The van der Waals surface area contributed by atoms with Crippen LogP contribution < -0.4 is 0 Å². The highest BCUT2D eigenvalue weighted by molar-refractivity contribution is 9.11. The van der Waals surface area contributed by atoms with Gasteiger partial charge in [0, 0.05) is 0 Å². The van der Waals surface area contributed by atoms with Crippen molar-refractivity contribution in [2.45, 2.75) is 0 Å². The van der Waals surface area contributed by atoms with Gasteiger partial charge in [-0.2, -0.15) is 0 Å². The van der Waals surface area contributed by atoms with Crippen molar-refractivity contribution in [3.05, 3.63) is 54.4 Å². The van der Waals surface area contributed by atoms with E-state index in [1.54, 1.807) is 0 Å². The number of carbonyl (C=O) groups excluding carboxylic acids is 1. The number of hydrogen-bond acceptors (Lipinski definition) is 2. The molecule has 0 bridgehead atoms. The SMILES string of the molecule is O=C(c1cc(Cl)c(Br)s1)c1c(F)cccc1Cl. The zero-order chi connectivity index (χ0) is 12.6. The molecule has 17 heavy (non-hydrogen) atoms. The third-order valence-electron chi connectivity index (χ3n) is 2.06. The van der Waals surface area contributed by atoms with Gasteiger partial charge in [-0.05, 0) is 34.1 Å². The van der Waals surface area contributed by atoms with Crippen LogP contribution in [0.1, 0.15) is 15.2 Å². The van der Waals surface area contributed by atoms with E-state index in [2.05, 4.69) is 15.9 Å². The van der Waals surface area contributed by atoms with Crippen molar-refractivity contribution in [3.63, 3.8) is 0 Å². The topological polar surface area (TPSA) is 17.1 Å². The Bertz CT molecular complexity index is 557. The first-order chi connectivity index (χ1) is 8.00. The summed E-state index contributed by atoms with van der Waals surface area (Å²) in [5.74, 6) is -1.10. The van der Waals surface area contributed by atoms with Gasteiger partial charge in [-0.1, -0.05) is 29.3 Å². The molecule has 0 atom stereocenters. The van der Waals surface area contributed by atoms with Crippen LogP contribution in [0, 0.1) is 5.82 Å². The molecule has 0 unspecified atom stereocenters. The predicted octanol–water partition coefficient (Wildman–Crippen LogP) is 5.19. The molecular formula is C11H4BrCl2FOS. The molecule has 88 valence electrons. The number of hydrogen-bond donors (Lipinski definition) is 0. The predicted molar refractivity (Wildman–Crippen MR) is 71.9 cm³/mol. The first-order valence-electron chi connectivity index (χ1n) is 4.44. The van der Waals surface area contributed by atoms with Crippen molar-refractivity contribution in [2.75, 3.05) is 0 Å². The summed E-state index contributed by atoms with van der Waals surface area (Å²) in [7, 11) is 0. The van der Waals surface area contributed by atoms with Crippen LogP contribution in [0.2, 0.25) is 10.0 Å². The second-order valence-corrected chi connectivity index (χ2v) is 6.34. The summed E-state index contributed by atoms with van der Waals surface area (Å²) in [5, 5.41) is 0.515. The van der Waals surface area contributed by atoms with Crippen LogP contribution in [-0.2, 0) is 0 Å². The van der Waals surface area contributed by atoms with Gasteiger partial charge in [0.25, 0.3) is 0 Å². The van der Waals surface area contributed by atoms with Crippen LogP contribution >= 0.6 is 50.5 Å². The van der Waals surface area contributed by atoms with Gasteiger partial charge in [-0.25, -0.2) is 4.39 Å². The lowest BCUT2D eigenvalue weighted by Gasteiger charge is -2.02. The van der Waals surface area contributed by atoms with E-state index < -0.39 is 11.6 Å². The number of halogens is 4. The van der Waals surface area contributed by atoms with Gasteiger partial charge >= 0.3 is 0 Å². The zero-order valence-electron chi connectivity index (χ0n) is 8.14. The van der Waals surface area contributed by atoms with E-state index in [4.69, 9.17) is 23.2 Å². The second-order valence-electron chi connectivity index (χ2n) is 3.16. The van der Waals surface area contributed by atoms with E-state index >= 15 is 0 Å². The Labute approximate surface area is 119 Å². The molecule has 2 aromatic rings. The monoisotopic (exact) mass is 352 g/mol. The highest BCUT2D eigenvalue weighted by atomic mass is 79.9. The Kier molecular flexibility index (Phi) is 3.88. The van der Waals surface area contributed by atoms with E-state index in [1.807, 2.05) is 0 Å². The van der Waals surface area contributed by atoms with Crippen LogP contribution in [0.5, 0.6) is 0 Å². The van der Waals surface area contributed by atoms with E-state index in [-0.39, 0.29) is 10.6 Å². The van der Waals surface area contributed by atoms with Gasteiger partial charge in [-0.15, -0.1) is 11.3 Å². The normalized spacial score (nSPS) is 10.6. The van der Waals surface area contributed by atoms with Crippen LogP contribution in [0.25, 0.3) is 0 Å². The maximum atomic E-state index is 13.5. The van der Waals surface area contributed by atoms with E-state index in [0.29, 0.717) is 13.7 Å². The van der Waals surface area contributed by atoms with Gasteiger partial charge in [0.2, 0.25) is 5.78 Å². The van der Waals surface area contributed by atoms with Crippen LogP contribution in [0.15, 0.2) is 28.1 Å². The lowest BCUT2D eigenvalue weighted by atomic mass is 10.1. The third-order valence-corrected chi connectivity index (χ3v) is 4.85. The van der Waals surface area contributed by atoms with Crippen LogP contribution in [-0.4, -0.2) is 5.78 Å². The molecule has 0 saturated carbocycles. The fourth-order valence-corrected chi connectivity index (χ4v) is 3.19. The molecule has 0 N–H and O–H groups in total. The summed E-state index contributed by atoms with van der Waals surface area (Å²) < 4.78 is 14.2. The third kappa shape index (κ3) is 2.55. The molecule has 0 fully saturated rings. The van der Waals surface area contributed by atoms with Crippen molar-refractivity contribution < 1.29 is 9.18 Å². The molecule has 0 aliphatic carbocycles. The number of ketones is 1. The van der Waals surface area contributed by atoms with Crippen molar-refractivity contribution in [1.29, 1.82) is 0 Å². The summed E-state index contributed by atoms with van der Waals surface area (Å²) in [6.45, 7) is 0. The molecule has 1 aromatic heterocycles. The Morgan fingerprint density at radius 2 is 2.00 bits per heavy atom. The zero-order valence-corrected chi connectivity index (χ0v) is 12.1. The molecule has 0 aliphatic rings. The van der Waals surface area contributed by atoms with Gasteiger partial charge in [0.1, 0.15) is 5.82 Å². The fourth-order valence-electron chi connectivity index (χ4n) is 1.30. The first kappa shape index (κ1) is 13.0. The summed E-state index contributed by atoms with van der Waals surface area (Å²) in [6.07, 6.45) is 0. The van der Waals surface area contributed by atoms with Gasteiger partial charge in [-0.3, -0.25) is 4.79 Å². The van der Waals surface area contributed by atoms with Crippen molar-refractivity contribution >= 4 is 56.3 Å². The Morgan fingerprint density at radius 3 is 2.53 bits per heavy atom. The van der Waals surface area contributed by atoms with E-state index in [0.717, 1.165) is 11.3 Å². The lowest BCUT2D eigenvalue weighted by molar-refractivity contribution is 0.103. The molecule has 1 aromatic carbocycles. The molecule has 0 saturated heterocycles. The average Bonchev–Trinajstić information content (AvgIpc) is 2.59. The van der Waals surface area contributed by atoms with Crippen molar-refractivity contribution in [3.8, 4) is 0 Å². The standard InChI is InChI=1S/C11H4BrCl2FOS/c12-11-6(14)4-8(17-11)10(16)9-5(13)2-1-3-7(9)15/h1-4H. The Balaban J connectivity index is 2.51. The first-order valence-corrected chi connectivity index (χ1v) is 6.81. The highest BCUT2D eigenvalue weighted by Gasteiger charge is 2.20. The number of benzene rings is 1. The number of rotatable bonds is 2. The minimum Gasteiger partial charge on any atom is -0.288 e. The largest absolute Gasteiger partial charge is 0.288 e. The van der Waals surface area contributed by atoms with Crippen molar-refractivity contribution in [1.82, 2.24) is 0 Å². The highest BCUT2D eigenvalue weighted by Crippen LogP contribution is 2.34. The lowest BCUT2D eigenvalue weighted by Crippen LogP contribution is -2.03. The summed E-state index contributed by atoms with van der Waals surface area (Å²) in [4.78, 5) is 12.4. The summed E-state index contributed by atoms with van der Waals surface area (Å²) >= 11 is 16.0. The van der Waals surface area contributed by atoms with E-state index in [9.17, 15) is 9.18 Å². The maximum absolute atomic E-state index is 13.5. The maximum Gasteiger partial charge on any atom is 0.207 e. The molecular weight excluding hydrogens is 350 g/mol. The van der Waals surface area contributed by atoms with Gasteiger partial charge in [0.05, 0.1) is 24.3 Å². The summed E-state index contributed by atoms with van der Waals surface area (Å²) in [6, 6.07) is 5.61. The fraction of sp³-hybridized carbons (Fsp3) is 0. The quantitative estimate of drug-likeness (QED) is 0.679. The molecule has 0 radical (unpaired) electrons. The van der Waals surface area contributed by atoms with Crippen LogP contribution in [0.4, 0.5) is 4.39 Å². The Morgan fingerprint density at radius 1 is 1.29 bits per heavy atom. The molecule has 1 nitrogen and oxygen atoms in total. The molecule has 0 spiro atoms. The van der Waals surface area contributed by atoms with Crippen molar-refractivity contribution in [2.24, 2.45) is 0 Å². The minimum absolute atomic E-state index is 0.0932. The molecule has 6 heteroatoms. The second kappa shape index (κ2) is 5.06. The summed E-state index contributed by atoms with van der Waals surface area (Å²) in [5.41, 5.74) is -0.125. The number of thiophene rings is 1. The minimum atomic E-state index is -0.636. The average molecular weight is 354 g/mol. The Hall–Kier alpha value is -0.420. The van der Waals surface area contributed by atoms with E-state index in [1.165, 1.54) is 24.3 Å². The number of carbonyl (C=O) groups is 1. The van der Waals surface area contributed by atoms with Crippen LogP contribution in [0.3, 0.4) is 0 Å². The molecule has 2 rings (SSSR count). The van der Waals surface area contributed by atoms with Gasteiger partial charge in [0.15, 0.2) is 0 Å². The molecule has 1 heterocycles. The smallest absolute Gasteiger partial charge is 0.207 e.